The number of Topliss-reactive ketones (excluding diaryl/α,β-unsaturated/α-hetero) is 1. The summed E-state index contributed by atoms with van der Waals surface area (Å²) in [7, 11) is 0. The molecule has 0 saturated heterocycles. The molecule has 9 heavy (non-hydrogen) atoms. The van der Waals surface area contributed by atoms with Crippen LogP contribution < -0.4 is 0 Å². The molecule has 1 rings (SSSR count). The standard InChI is InChI=1S/C6H7O2.Y/c7-4-5-1-2-6(8)3-5;/h5H,1-3H2;/q-1;. The predicted molar refractivity (Wildman–Crippen MR) is 28.0 cm³/mol. The summed E-state index contributed by atoms with van der Waals surface area (Å²) >= 11 is 0. The first-order chi connectivity index (χ1) is 3.83. The van der Waals surface area contributed by atoms with Crippen molar-refractivity contribution in [3.8, 4) is 0 Å². The number of carbonyl (C=O) groups is 1. The van der Waals surface area contributed by atoms with E-state index in [1.54, 1.807) is 0 Å². The average Bonchev–Trinajstić information content (AvgIpc) is 2.14. The van der Waals surface area contributed by atoms with E-state index in [0.717, 1.165) is 6.42 Å². The maximum Gasteiger partial charge on any atom is 0.130 e. The van der Waals surface area contributed by atoms with Crippen molar-refractivity contribution in [2.24, 2.45) is 5.92 Å². The molecule has 47 valence electrons. The van der Waals surface area contributed by atoms with Crippen LogP contribution in [-0.2, 0) is 42.3 Å². The molecule has 0 aromatic rings. The molecule has 2 nitrogen and oxygen atoms in total. The molecular weight excluding hydrogens is 193 g/mol. The molecule has 0 aromatic heterocycles. The van der Waals surface area contributed by atoms with Crippen molar-refractivity contribution in [3.63, 3.8) is 0 Å². The van der Waals surface area contributed by atoms with Gasteiger partial charge < -0.3 is 4.79 Å². The van der Waals surface area contributed by atoms with Gasteiger partial charge in [-0.1, -0.05) is 6.42 Å². The van der Waals surface area contributed by atoms with Crippen molar-refractivity contribution in [3.05, 3.63) is 0 Å². The molecule has 0 amide bonds. The van der Waals surface area contributed by atoms with Crippen LogP contribution in [0.15, 0.2) is 0 Å². The van der Waals surface area contributed by atoms with Crippen molar-refractivity contribution in [2.75, 3.05) is 0 Å². The first kappa shape index (κ1) is 9.44. The fourth-order valence-electron chi connectivity index (χ4n) is 0.915. The molecule has 3 heteroatoms. The molecule has 1 fully saturated rings. The summed E-state index contributed by atoms with van der Waals surface area (Å²) < 4.78 is 0. The number of hydrogen-bond donors (Lipinski definition) is 0. The van der Waals surface area contributed by atoms with E-state index in [-0.39, 0.29) is 44.4 Å². The smallest absolute Gasteiger partial charge is 0.130 e. The van der Waals surface area contributed by atoms with Crippen molar-refractivity contribution in [1.82, 2.24) is 0 Å². The summed E-state index contributed by atoms with van der Waals surface area (Å²) in [5.41, 5.74) is 0. The van der Waals surface area contributed by atoms with Crippen LogP contribution in [0.3, 0.4) is 0 Å². The number of rotatable bonds is 1. The Morgan fingerprint density at radius 1 is 1.56 bits per heavy atom. The third-order valence-corrected chi connectivity index (χ3v) is 1.41. The van der Waals surface area contributed by atoms with Gasteiger partial charge in [0.1, 0.15) is 5.78 Å². The molecule has 1 unspecified atom stereocenters. The third-order valence-electron chi connectivity index (χ3n) is 1.41. The summed E-state index contributed by atoms with van der Waals surface area (Å²) in [6.07, 6.45) is 3.57. The van der Waals surface area contributed by atoms with Crippen molar-refractivity contribution < 1.29 is 42.3 Å². The van der Waals surface area contributed by atoms with Crippen molar-refractivity contribution in [1.29, 1.82) is 0 Å². The van der Waals surface area contributed by atoms with E-state index >= 15 is 0 Å². The van der Waals surface area contributed by atoms with Crippen LogP contribution >= 0.6 is 0 Å². The van der Waals surface area contributed by atoms with Crippen LogP contribution in [0.2, 0.25) is 0 Å². The zero-order valence-electron chi connectivity index (χ0n) is 5.09. The Hall–Kier alpha value is 0.444. The zero-order valence-corrected chi connectivity index (χ0v) is 7.93. The van der Waals surface area contributed by atoms with Crippen molar-refractivity contribution in [2.45, 2.75) is 19.3 Å². The average molecular weight is 200 g/mol. The van der Waals surface area contributed by atoms with Crippen LogP contribution in [0.1, 0.15) is 19.3 Å². The molecule has 0 aromatic carbocycles. The molecule has 0 aliphatic heterocycles. The fraction of sp³-hybridized carbons (Fsp3) is 0.667. The van der Waals surface area contributed by atoms with Gasteiger partial charge in [0.25, 0.3) is 0 Å². The first-order valence-corrected chi connectivity index (χ1v) is 2.72. The zero-order chi connectivity index (χ0) is 5.98. The molecule has 1 aliphatic carbocycles. The Balaban J connectivity index is 0.000000640. The molecule has 0 heterocycles. The second-order valence-electron chi connectivity index (χ2n) is 2.10. The van der Waals surface area contributed by atoms with E-state index in [1.807, 2.05) is 6.29 Å². The third kappa shape index (κ3) is 2.68. The Morgan fingerprint density at radius 2 is 2.22 bits per heavy atom. The van der Waals surface area contributed by atoms with E-state index in [4.69, 9.17) is 0 Å². The van der Waals surface area contributed by atoms with Gasteiger partial charge in [-0.2, -0.15) is 0 Å². The van der Waals surface area contributed by atoms with E-state index in [1.165, 1.54) is 0 Å². The number of ketones is 1. The first-order valence-electron chi connectivity index (χ1n) is 2.72. The molecule has 1 saturated carbocycles. The van der Waals surface area contributed by atoms with E-state index in [0.29, 0.717) is 12.8 Å². The largest absolute Gasteiger partial charge is 0.541 e. The second-order valence-corrected chi connectivity index (χ2v) is 2.10. The molecule has 0 spiro atoms. The maximum atomic E-state index is 10.4. The molecule has 0 N–H and O–H groups in total. The minimum atomic E-state index is -0.0810. The van der Waals surface area contributed by atoms with Gasteiger partial charge >= 0.3 is 0 Å². The number of carbonyl (C=O) groups excluding carboxylic acids is 2. The monoisotopic (exact) mass is 200 g/mol. The van der Waals surface area contributed by atoms with Gasteiger partial charge in [-0.05, 0) is 6.42 Å². The van der Waals surface area contributed by atoms with E-state index in [9.17, 15) is 9.59 Å². The van der Waals surface area contributed by atoms with Gasteiger partial charge in [-0.15, -0.1) is 5.92 Å². The Bertz CT molecular complexity index is 122. The summed E-state index contributed by atoms with van der Waals surface area (Å²) in [5, 5.41) is 0. The minimum absolute atomic E-state index is 0. The van der Waals surface area contributed by atoms with Gasteiger partial charge in [0.05, 0.1) is 0 Å². The molecule has 0 bridgehead atoms. The maximum absolute atomic E-state index is 10.4. The van der Waals surface area contributed by atoms with Crippen LogP contribution in [0.25, 0.3) is 0 Å². The van der Waals surface area contributed by atoms with E-state index in [2.05, 4.69) is 0 Å². The molecular formula is C6H7O2Y-. The topological polar surface area (TPSA) is 34.1 Å². The van der Waals surface area contributed by atoms with Crippen LogP contribution in [-0.4, -0.2) is 12.1 Å². The molecule has 1 atom stereocenters. The molecule has 1 aliphatic rings. The fourth-order valence-corrected chi connectivity index (χ4v) is 0.915. The van der Waals surface area contributed by atoms with Crippen LogP contribution in [0, 0.1) is 5.92 Å². The quantitative estimate of drug-likeness (QED) is 0.576. The van der Waals surface area contributed by atoms with Gasteiger partial charge in [-0.25, -0.2) is 0 Å². The summed E-state index contributed by atoms with van der Waals surface area (Å²) in [5.74, 6) is 0.126. The Kier molecular flexibility index (Phi) is 4.50. The van der Waals surface area contributed by atoms with Gasteiger partial charge in [0.2, 0.25) is 0 Å². The Labute approximate surface area is 79.3 Å². The van der Waals surface area contributed by atoms with Gasteiger partial charge in [0.15, 0.2) is 0 Å². The summed E-state index contributed by atoms with van der Waals surface area (Å²) in [6, 6.07) is 0. The van der Waals surface area contributed by atoms with Crippen LogP contribution in [0.4, 0.5) is 0 Å². The predicted octanol–water partition coefficient (Wildman–Crippen LogP) is 0.463. The minimum Gasteiger partial charge on any atom is -0.541 e. The summed E-state index contributed by atoms with van der Waals surface area (Å²) in [6.45, 7) is 0. The van der Waals surface area contributed by atoms with E-state index < -0.39 is 0 Å². The second kappa shape index (κ2) is 4.29. The summed E-state index contributed by atoms with van der Waals surface area (Å²) in [4.78, 5) is 20.3. The van der Waals surface area contributed by atoms with Crippen LogP contribution in [0.5, 0.6) is 0 Å². The van der Waals surface area contributed by atoms with Gasteiger partial charge in [-0.3, -0.25) is 11.1 Å². The number of hydrogen-bond acceptors (Lipinski definition) is 2. The Morgan fingerprint density at radius 3 is 2.44 bits per heavy atom. The van der Waals surface area contributed by atoms with Gasteiger partial charge in [0, 0.05) is 39.1 Å². The van der Waals surface area contributed by atoms with Crippen molar-refractivity contribution >= 4 is 12.1 Å². The molecule has 1 radical (unpaired) electrons. The SMILES string of the molecule is O=[C-]C1CCC(=O)C1.[Y]. The normalized spacial score (nSPS) is 25.3.